The summed E-state index contributed by atoms with van der Waals surface area (Å²) in [6.45, 7) is 2.34. The van der Waals surface area contributed by atoms with Crippen LogP contribution < -0.4 is 9.62 Å². The van der Waals surface area contributed by atoms with Crippen molar-refractivity contribution in [2.45, 2.75) is 50.2 Å². The van der Waals surface area contributed by atoms with Gasteiger partial charge in [0, 0.05) is 51.9 Å². The van der Waals surface area contributed by atoms with Crippen LogP contribution in [0.4, 0.5) is 10.2 Å². The number of nitrogens with one attached hydrogen (secondary N) is 1. The first-order valence-electron chi connectivity index (χ1n) is 13.0. The van der Waals surface area contributed by atoms with Gasteiger partial charge in [-0.2, -0.15) is 22.5 Å². The lowest BCUT2D eigenvalue weighted by molar-refractivity contribution is -0.00226. The average molecular weight is 536 g/mol. The van der Waals surface area contributed by atoms with Crippen molar-refractivity contribution in [1.29, 1.82) is 0 Å². The molecule has 9 nitrogen and oxygen atoms in total. The summed E-state index contributed by atoms with van der Waals surface area (Å²) < 4.78 is 55.2. The number of hydrogen-bond acceptors (Lipinski definition) is 7. The van der Waals surface area contributed by atoms with Crippen LogP contribution in [0.25, 0.3) is 0 Å². The second-order valence-electron chi connectivity index (χ2n) is 9.98. The molecule has 1 unspecified atom stereocenters. The van der Waals surface area contributed by atoms with Gasteiger partial charge in [-0.3, -0.25) is 0 Å². The van der Waals surface area contributed by atoms with E-state index in [0.29, 0.717) is 38.6 Å². The van der Waals surface area contributed by atoms with Gasteiger partial charge in [-0.05, 0) is 67.9 Å². The molecule has 11 heteroatoms. The molecule has 1 N–H and O–H groups in total. The summed E-state index contributed by atoms with van der Waals surface area (Å²) >= 11 is 0. The van der Waals surface area contributed by atoms with E-state index in [1.807, 2.05) is 18.2 Å². The highest BCUT2D eigenvalue weighted by Crippen LogP contribution is 2.35. The Kier molecular flexibility index (Phi) is 9.83. The lowest BCUT2D eigenvalue weighted by Gasteiger charge is -2.40. The summed E-state index contributed by atoms with van der Waals surface area (Å²) in [4.78, 5) is 2.14. The maximum atomic E-state index is 13.6. The number of anilines is 1. The van der Waals surface area contributed by atoms with Crippen LogP contribution in [0.3, 0.4) is 0 Å². The molecule has 204 valence electrons. The number of nitrogens with zero attached hydrogens (tertiary/aromatic N) is 4. The van der Waals surface area contributed by atoms with Crippen molar-refractivity contribution in [2.24, 2.45) is 5.92 Å². The molecule has 4 rings (SSSR count). The number of benzene rings is 1. The SMILES string of the molecule is COCCN(C)S(=O)(=O)N[C@H]1CCN(c2cccnn2)CC1COC1CCC(c2cccc(F)c2)CC1. The van der Waals surface area contributed by atoms with Crippen LogP contribution in [0.5, 0.6) is 0 Å². The fourth-order valence-electron chi connectivity index (χ4n) is 5.23. The van der Waals surface area contributed by atoms with Crippen molar-refractivity contribution in [2.75, 3.05) is 51.9 Å². The Balaban J connectivity index is 1.37. The van der Waals surface area contributed by atoms with Gasteiger partial charge in [-0.25, -0.2) is 4.39 Å². The molecule has 1 saturated carbocycles. The van der Waals surface area contributed by atoms with Crippen molar-refractivity contribution in [3.8, 4) is 0 Å². The van der Waals surface area contributed by atoms with Crippen molar-refractivity contribution in [1.82, 2.24) is 19.2 Å². The molecule has 2 aliphatic rings. The van der Waals surface area contributed by atoms with E-state index in [-0.39, 0.29) is 30.4 Å². The van der Waals surface area contributed by atoms with Crippen molar-refractivity contribution in [3.05, 3.63) is 54.0 Å². The largest absolute Gasteiger partial charge is 0.383 e. The number of methoxy groups -OCH3 is 1. The zero-order valence-electron chi connectivity index (χ0n) is 21.6. The summed E-state index contributed by atoms with van der Waals surface area (Å²) in [5, 5.41) is 8.23. The highest BCUT2D eigenvalue weighted by molar-refractivity contribution is 7.87. The van der Waals surface area contributed by atoms with E-state index < -0.39 is 10.2 Å². The zero-order valence-corrected chi connectivity index (χ0v) is 22.4. The fourth-order valence-corrected chi connectivity index (χ4v) is 6.42. The smallest absolute Gasteiger partial charge is 0.279 e. The zero-order chi connectivity index (χ0) is 26.3. The Bertz CT molecular complexity index is 1090. The fraction of sp³-hybridized carbons (Fsp3) is 0.615. The van der Waals surface area contributed by atoms with Crippen molar-refractivity contribution >= 4 is 16.0 Å². The van der Waals surface area contributed by atoms with E-state index >= 15 is 0 Å². The standard InChI is InChI=1S/C26H38FN5O4S/c1-31(15-16-35-2)37(33,34)30-25-12-14-32(26-7-4-13-28-29-26)18-22(25)19-36-24-10-8-20(9-11-24)21-5-3-6-23(27)17-21/h3-7,13,17,20,22,24-25,30H,8-12,14-16,18-19H2,1-2H3/t20?,22?,24?,25-/m0/s1. The Hall–Kier alpha value is -2.18. The van der Waals surface area contributed by atoms with Gasteiger partial charge in [-0.15, -0.1) is 5.10 Å². The molecule has 2 atom stereocenters. The first kappa shape index (κ1) is 27.8. The van der Waals surface area contributed by atoms with Crippen molar-refractivity contribution in [3.63, 3.8) is 0 Å². The summed E-state index contributed by atoms with van der Waals surface area (Å²) in [6, 6.07) is 10.4. The van der Waals surface area contributed by atoms with Crippen LogP contribution in [0.15, 0.2) is 42.6 Å². The molecule has 1 aromatic carbocycles. The molecular weight excluding hydrogens is 497 g/mol. The van der Waals surface area contributed by atoms with E-state index in [9.17, 15) is 12.8 Å². The number of piperidine rings is 1. The van der Waals surface area contributed by atoms with Gasteiger partial charge in [0.2, 0.25) is 0 Å². The second kappa shape index (κ2) is 13.1. The van der Waals surface area contributed by atoms with Crippen LogP contribution in [-0.2, 0) is 19.7 Å². The first-order chi connectivity index (χ1) is 17.9. The van der Waals surface area contributed by atoms with Gasteiger partial charge in [-0.1, -0.05) is 12.1 Å². The Morgan fingerprint density at radius 3 is 2.68 bits per heavy atom. The molecule has 0 radical (unpaired) electrons. The lowest BCUT2D eigenvalue weighted by atomic mass is 9.82. The summed E-state index contributed by atoms with van der Waals surface area (Å²) in [7, 11) is -0.556. The van der Waals surface area contributed by atoms with Gasteiger partial charge >= 0.3 is 0 Å². The van der Waals surface area contributed by atoms with Crippen LogP contribution in [0.2, 0.25) is 0 Å². The van der Waals surface area contributed by atoms with Gasteiger partial charge < -0.3 is 14.4 Å². The first-order valence-corrected chi connectivity index (χ1v) is 14.4. The number of aromatic nitrogens is 2. The van der Waals surface area contributed by atoms with Crippen LogP contribution in [-0.4, -0.2) is 82.1 Å². The van der Waals surface area contributed by atoms with Gasteiger partial charge in [0.05, 0.1) is 19.3 Å². The van der Waals surface area contributed by atoms with Crippen LogP contribution in [0.1, 0.15) is 43.6 Å². The number of ether oxygens (including phenoxy) is 2. The minimum atomic E-state index is -3.66. The third-order valence-electron chi connectivity index (χ3n) is 7.48. The predicted octanol–water partition coefficient (Wildman–Crippen LogP) is 2.97. The highest BCUT2D eigenvalue weighted by atomic mass is 32.2. The van der Waals surface area contributed by atoms with Gasteiger partial charge in [0.15, 0.2) is 5.82 Å². The number of hydrogen-bond donors (Lipinski definition) is 1. The van der Waals surface area contributed by atoms with Crippen LogP contribution >= 0.6 is 0 Å². The maximum Gasteiger partial charge on any atom is 0.279 e. The van der Waals surface area contributed by atoms with E-state index in [1.54, 1.807) is 32.5 Å². The third-order valence-corrected chi connectivity index (χ3v) is 9.08. The average Bonchev–Trinajstić information content (AvgIpc) is 2.91. The highest BCUT2D eigenvalue weighted by Gasteiger charge is 2.35. The summed E-state index contributed by atoms with van der Waals surface area (Å²) in [5.74, 6) is 0.880. The molecule has 1 aliphatic heterocycles. The molecule has 2 heterocycles. The Morgan fingerprint density at radius 1 is 1.16 bits per heavy atom. The Morgan fingerprint density at radius 2 is 1.97 bits per heavy atom. The molecule has 0 bridgehead atoms. The topological polar surface area (TPSA) is 96.9 Å². The van der Waals surface area contributed by atoms with E-state index in [4.69, 9.17) is 9.47 Å². The quantitative estimate of drug-likeness (QED) is 0.473. The van der Waals surface area contributed by atoms with Crippen molar-refractivity contribution < 1.29 is 22.3 Å². The predicted molar refractivity (Wildman–Crippen MR) is 140 cm³/mol. The maximum absolute atomic E-state index is 13.6. The number of halogens is 1. The summed E-state index contributed by atoms with van der Waals surface area (Å²) in [6.07, 6.45) is 6.08. The molecule has 1 aromatic heterocycles. The van der Waals surface area contributed by atoms with E-state index in [1.165, 1.54) is 10.4 Å². The number of rotatable bonds is 11. The van der Waals surface area contributed by atoms with Crippen LogP contribution in [0, 0.1) is 11.7 Å². The molecular formula is C26H38FN5O4S. The minimum absolute atomic E-state index is 0.0534. The third kappa shape index (κ3) is 7.67. The normalized spacial score (nSPS) is 24.9. The Labute approximate surface area is 219 Å². The minimum Gasteiger partial charge on any atom is -0.383 e. The second-order valence-corrected chi connectivity index (χ2v) is 11.8. The molecule has 1 saturated heterocycles. The van der Waals surface area contributed by atoms with E-state index in [0.717, 1.165) is 37.1 Å². The van der Waals surface area contributed by atoms with Gasteiger partial charge in [0.1, 0.15) is 5.82 Å². The molecule has 2 fully saturated rings. The molecule has 0 amide bonds. The summed E-state index contributed by atoms with van der Waals surface area (Å²) in [5.41, 5.74) is 1.05. The molecule has 37 heavy (non-hydrogen) atoms. The lowest BCUT2D eigenvalue weighted by Crippen LogP contribution is -2.55. The monoisotopic (exact) mass is 535 g/mol. The molecule has 1 aliphatic carbocycles. The molecule has 0 spiro atoms. The van der Waals surface area contributed by atoms with E-state index in [2.05, 4.69) is 19.8 Å². The van der Waals surface area contributed by atoms with Gasteiger partial charge in [0.25, 0.3) is 10.2 Å². The molecule has 2 aromatic rings. The number of likely N-dealkylation sites (N-methyl/N-ethyl adjacent to an activating group) is 1.